The van der Waals surface area contributed by atoms with Gasteiger partial charge in [0, 0.05) is 32.3 Å². The molecule has 0 spiro atoms. The first-order valence-electron chi connectivity index (χ1n) is 43.1. The van der Waals surface area contributed by atoms with E-state index in [2.05, 4.69) is 425 Å². The van der Waals surface area contributed by atoms with Crippen LogP contribution < -0.4 is 0 Å². The second-order valence-corrected chi connectivity index (χ2v) is 33.8. The van der Waals surface area contributed by atoms with Gasteiger partial charge >= 0.3 is 0 Å². The van der Waals surface area contributed by atoms with Gasteiger partial charge in [0.05, 0.1) is 0 Å². The van der Waals surface area contributed by atoms with E-state index in [0.29, 0.717) is 0 Å². The van der Waals surface area contributed by atoms with Crippen LogP contribution >= 0.6 is 0 Å². The van der Waals surface area contributed by atoms with E-state index in [0.717, 1.165) is 148 Å². The highest BCUT2D eigenvalue weighted by Crippen LogP contribution is 2.55. The number of hydrogen-bond acceptors (Lipinski definition) is 3. The summed E-state index contributed by atoms with van der Waals surface area (Å²) < 4.78 is 21.1. The molecule has 0 aliphatic rings. The van der Waals surface area contributed by atoms with Gasteiger partial charge in [0.2, 0.25) is 0 Å². The first-order chi connectivity index (χ1) is 62.0. The Morgan fingerprint density at radius 2 is 0.416 bits per heavy atom. The summed E-state index contributed by atoms with van der Waals surface area (Å²) in [6.07, 6.45) is 0. The van der Waals surface area contributed by atoms with E-state index >= 15 is 0 Å². The van der Waals surface area contributed by atoms with E-state index < -0.39 is 0 Å². The minimum atomic E-state index is 0.835. The van der Waals surface area contributed by atoms with E-state index in [1.54, 1.807) is 0 Å². The first kappa shape index (κ1) is 69.3. The Kier molecular flexibility index (Phi) is 15.0. The molecule has 0 atom stereocenters. The van der Waals surface area contributed by atoms with Gasteiger partial charge in [-0.25, -0.2) is 0 Å². The Morgan fingerprint density at radius 3 is 0.888 bits per heavy atom. The van der Waals surface area contributed by atoms with E-state index in [1.165, 1.54) is 136 Å². The standard InChI is InChI=1S/C122H70O3/c1-3-26-71(27-4-1)84-33-11-14-37-88(84)115-91-40-17-19-42-93(91)116(94-43-20-18-41-92(94)115)99-46-23-49-108-120(99)106-65-79-55-53-76(61-83(79)69-112(106)124-108)78-57-59-98-104(63-78)119(96-45-22-21-44-95(96)117(98)102-67-81-32-9-10-34-85(81)86-35-12-13-36-87(86)102)101-48-25-51-110-122(101)107-66-80-54-52-75(60-82(80)70-113(107)125-110)77-56-58-97-103(62-77)118(90-39-16-15-38-89(90)114(97)72-28-5-2-6-29-72)100-47-24-50-109-121(100)105-64-73-30-7-8-31-74(73)68-111(105)123-109/h1-70H. The Morgan fingerprint density at radius 1 is 0.112 bits per heavy atom. The van der Waals surface area contributed by atoms with Crippen LogP contribution in [0.15, 0.2) is 438 Å². The van der Waals surface area contributed by atoms with Crippen LogP contribution in [0.2, 0.25) is 0 Å². The van der Waals surface area contributed by atoms with Crippen LogP contribution in [0.1, 0.15) is 0 Å². The molecule has 27 aromatic rings. The molecule has 0 fully saturated rings. The normalized spacial score (nSPS) is 12.2. The maximum atomic E-state index is 7.24. The quantitative estimate of drug-likeness (QED) is 0.107. The predicted molar refractivity (Wildman–Crippen MR) is 530 cm³/mol. The van der Waals surface area contributed by atoms with Crippen molar-refractivity contribution >= 4 is 184 Å². The third-order valence-corrected chi connectivity index (χ3v) is 27.1. The molecule has 0 amide bonds. The zero-order valence-corrected chi connectivity index (χ0v) is 67.6. The lowest BCUT2D eigenvalue weighted by molar-refractivity contribution is 0.669. The fraction of sp³-hybridized carbons (Fsp3) is 0. The van der Waals surface area contributed by atoms with Crippen molar-refractivity contribution in [3.05, 3.63) is 425 Å². The van der Waals surface area contributed by atoms with Crippen molar-refractivity contribution in [2.45, 2.75) is 0 Å². The molecule has 3 nitrogen and oxygen atoms in total. The Labute approximate surface area is 717 Å². The van der Waals surface area contributed by atoms with Crippen LogP contribution in [0.4, 0.5) is 0 Å². The summed E-state index contributed by atoms with van der Waals surface area (Å²) in [4.78, 5) is 0. The third kappa shape index (κ3) is 10.5. The maximum absolute atomic E-state index is 7.24. The van der Waals surface area contributed by atoms with Crippen molar-refractivity contribution in [2.24, 2.45) is 0 Å². The average molecular weight is 1580 g/mol. The first-order valence-corrected chi connectivity index (χ1v) is 43.1. The SMILES string of the molecule is c1ccc(-c2ccccc2-c2c3ccccc3c(-c3cccc4oc5cc6cc(-c7ccc8c(-c9cc%10ccccc%10c%10ccccc9%10)c9ccccc9c(-c9cccc%10oc%11cc%12cc(-c%13ccc%14c(-c%15ccccc%15)c%15ccccc%15c(-c%15cccc%16oc%17cc%18ccccc%18cc%17c%15%16)c%14c%13)ccc%12cc%11c9%10)c8c7)ccc6cc5c34)c3ccccc23)cc1. The molecule has 3 aromatic heterocycles. The molecule has 0 aliphatic carbocycles. The maximum Gasteiger partial charge on any atom is 0.136 e. The zero-order valence-electron chi connectivity index (χ0n) is 67.6. The second kappa shape index (κ2) is 27.0. The number of hydrogen-bond donors (Lipinski definition) is 0. The van der Waals surface area contributed by atoms with Crippen LogP contribution in [0.3, 0.4) is 0 Å². The highest BCUT2D eigenvalue weighted by molar-refractivity contribution is 6.32. The smallest absolute Gasteiger partial charge is 0.136 e. The van der Waals surface area contributed by atoms with E-state index in [4.69, 9.17) is 13.3 Å². The monoisotopic (exact) mass is 1580 g/mol. The van der Waals surface area contributed by atoms with Crippen molar-refractivity contribution in [3.8, 4) is 100 Å². The molecular weight excluding hydrogens is 1510 g/mol. The number of furan rings is 3. The molecule has 576 valence electrons. The molecule has 0 bridgehead atoms. The van der Waals surface area contributed by atoms with Gasteiger partial charge in [-0.3, -0.25) is 0 Å². The lowest BCUT2D eigenvalue weighted by Gasteiger charge is -2.21. The summed E-state index contributed by atoms with van der Waals surface area (Å²) in [6, 6.07) is 157. The molecule has 0 saturated heterocycles. The van der Waals surface area contributed by atoms with Gasteiger partial charge in [0.15, 0.2) is 0 Å². The van der Waals surface area contributed by atoms with E-state index in [-0.39, 0.29) is 0 Å². The van der Waals surface area contributed by atoms with Crippen molar-refractivity contribution in [1.29, 1.82) is 0 Å². The lowest BCUT2D eigenvalue weighted by atomic mass is 9.82. The minimum absolute atomic E-state index is 0.835. The predicted octanol–water partition coefficient (Wildman–Crippen LogP) is 35.1. The number of benzene rings is 24. The molecule has 24 aromatic carbocycles. The summed E-state index contributed by atoms with van der Waals surface area (Å²) in [5, 5.41) is 32.5. The van der Waals surface area contributed by atoms with Crippen molar-refractivity contribution in [2.75, 3.05) is 0 Å². The lowest BCUT2D eigenvalue weighted by Crippen LogP contribution is -1.93. The van der Waals surface area contributed by atoms with Gasteiger partial charge in [0.1, 0.15) is 33.5 Å². The van der Waals surface area contributed by atoms with Crippen LogP contribution in [0.5, 0.6) is 0 Å². The molecule has 0 saturated carbocycles. The average Bonchev–Trinajstić information content (AvgIpc) is 1.64. The zero-order chi connectivity index (χ0) is 81.6. The van der Waals surface area contributed by atoms with E-state index in [1.807, 2.05) is 0 Å². The van der Waals surface area contributed by atoms with Crippen LogP contribution in [-0.2, 0) is 0 Å². The summed E-state index contributed by atoms with van der Waals surface area (Å²) in [5.41, 5.74) is 26.2. The molecule has 27 rings (SSSR count). The van der Waals surface area contributed by atoms with E-state index in [9.17, 15) is 0 Å². The topological polar surface area (TPSA) is 39.4 Å². The molecule has 0 unspecified atom stereocenters. The molecule has 0 N–H and O–H groups in total. The molecule has 125 heavy (non-hydrogen) atoms. The summed E-state index contributed by atoms with van der Waals surface area (Å²) in [7, 11) is 0. The van der Waals surface area contributed by atoms with Gasteiger partial charge < -0.3 is 13.3 Å². The summed E-state index contributed by atoms with van der Waals surface area (Å²) >= 11 is 0. The largest absolute Gasteiger partial charge is 0.456 e. The van der Waals surface area contributed by atoms with Gasteiger partial charge in [0.25, 0.3) is 0 Å². The fourth-order valence-corrected chi connectivity index (χ4v) is 21.7. The van der Waals surface area contributed by atoms with Gasteiger partial charge in [-0.1, -0.05) is 340 Å². The van der Waals surface area contributed by atoms with Crippen molar-refractivity contribution in [1.82, 2.24) is 0 Å². The molecule has 3 heteroatoms. The molecule has 3 heterocycles. The van der Waals surface area contributed by atoms with Gasteiger partial charge in [-0.05, 0) is 304 Å². The summed E-state index contributed by atoms with van der Waals surface area (Å²) in [5.74, 6) is 0. The van der Waals surface area contributed by atoms with Gasteiger partial charge in [-0.15, -0.1) is 0 Å². The van der Waals surface area contributed by atoms with Crippen molar-refractivity contribution in [3.63, 3.8) is 0 Å². The number of fused-ring (bicyclic) bond motifs is 21. The highest BCUT2D eigenvalue weighted by Gasteiger charge is 2.28. The van der Waals surface area contributed by atoms with Crippen molar-refractivity contribution < 1.29 is 13.3 Å². The molecule has 0 aliphatic heterocycles. The second-order valence-electron chi connectivity index (χ2n) is 33.8. The molecule has 0 radical (unpaired) electrons. The fourth-order valence-electron chi connectivity index (χ4n) is 21.7. The minimum Gasteiger partial charge on any atom is -0.456 e. The third-order valence-electron chi connectivity index (χ3n) is 27.1. The van der Waals surface area contributed by atoms with Crippen LogP contribution in [0, 0.1) is 0 Å². The summed E-state index contributed by atoms with van der Waals surface area (Å²) in [6.45, 7) is 0. The van der Waals surface area contributed by atoms with Gasteiger partial charge in [-0.2, -0.15) is 0 Å². The highest BCUT2D eigenvalue weighted by atomic mass is 16.3. The Bertz CT molecular complexity index is 9310. The molecular formula is C122H70O3. The van der Waals surface area contributed by atoms with Crippen LogP contribution in [0.25, 0.3) is 284 Å². The number of rotatable bonds is 9. The Balaban J connectivity index is 0.626. The van der Waals surface area contributed by atoms with Crippen LogP contribution in [-0.4, -0.2) is 0 Å². The Hall–Kier alpha value is -16.5.